The molecule has 5 nitrogen and oxygen atoms in total. The van der Waals surface area contributed by atoms with Crippen LogP contribution in [0.1, 0.15) is 31.7 Å². The van der Waals surface area contributed by atoms with E-state index in [1.54, 1.807) is 12.1 Å². The molecule has 1 fully saturated rings. The number of carbonyl (C=O) groups is 2. The minimum absolute atomic E-state index is 0.00191. The number of benzene rings is 1. The lowest BCUT2D eigenvalue weighted by Gasteiger charge is -2.34. The summed E-state index contributed by atoms with van der Waals surface area (Å²) in [5.41, 5.74) is 0.601. The van der Waals surface area contributed by atoms with E-state index in [0.29, 0.717) is 12.1 Å². The Kier molecular flexibility index (Phi) is 7.18. The molecule has 0 radical (unpaired) electrons. The maximum absolute atomic E-state index is 13.1. The zero-order valence-corrected chi connectivity index (χ0v) is 14.2. The van der Waals surface area contributed by atoms with E-state index in [-0.39, 0.29) is 36.6 Å². The van der Waals surface area contributed by atoms with E-state index in [0.717, 1.165) is 32.4 Å². The van der Waals surface area contributed by atoms with Gasteiger partial charge < -0.3 is 15.5 Å². The minimum Gasteiger partial charge on any atom is -0.347 e. The maximum atomic E-state index is 13.1. The van der Waals surface area contributed by atoms with Gasteiger partial charge >= 0.3 is 0 Å². The van der Waals surface area contributed by atoms with Crippen LogP contribution in [0, 0.1) is 5.82 Å². The molecule has 132 valence electrons. The summed E-state index contributed by atoms with van der Waals surface area (Å²) in [6.07, 6.45) is 2.87. The van der Waals surface area contributed by atoms with Crippen LogP contribution < -0.4 is 10.6 Å². The Morgan fingerprint density at radius 1 is 1.33 bits per heavy atom. The van der Waals surface area contributed by atoms with E-state index < -0.39 is 0 Å². The van der Waals surface area contributed by atoms with Gasteiger partial charge in [-0.1, -0.05) is 19.1 Å². The lowest BCUT2D eigenvalue weighted by molar-refractivity contribution is -0.135. The van der Waals surface area contributed by atoms with Crippen molar-refractivity contribution in [2.75, 3.05) is 26.2 Å². The molecule has 1 aliphatic rings. The van der Waals surface area contributed by atoms with Gasteiger partial charge in [-0.2, -0.15) is 0 Å². The van der Waals surface area contributed by atoms with Crippen molar-refractivity contribution in [3.05, 3.63) is 35.6 Å². The number of piperidine rings is 1. The Balaban J connectivity index is 1.84. The van der Waals surface area contributed by atoms with Crippen molar-refractivity contribution in [3.8, 4) is 0 Å². The van der Waals surface area contributed by atoms with Crippen LogP contribution in [0.4, 0.5) is 4.39 Å². The molecule has 0 atom stereocenters. The third-order valence-electron chi connectivity index (χ3n) is 4.22. The van der Waals surface area contributed by atoms with E-state index in [1.165, 1.54) is 12.1 Å². The van der Waals surface area contributed by atoms with Gasteiger partial charge in [0, 0.05) is 12.6 Å². The van der Waals surface area contributed by atoms with Crippen LogP contribution in [0.25, 0.3) is 0 Å². The van der Waals surface area contributed by atoms with Gasteiger partial charge in [0.2, 0.25) is 11.8 Å². The standard InChI is InChI=1S/C18H26FN3O2/c1-2-10-22(16-6-8-20-9-7-16)18(24)13-21-17(23)12-14-4-3-5-15(19)11-14/h3-5,11,16,20H,2,6-10,12-13H2,1H3,(H,21,23). The molecule has 2 amide bonds. The molecule has 0 saturated carbocycles. The highest BCUT2D eigenvalue weighted by Crippen LogP contribution is 2.12. The normalized spacial score (nSPS) is 15.1. The Morgan fingerprint density at radius 3 is 2.75 bits per heavy atom. The lowest BCUT2D eigenvalue weighted by atomic mass is 10.0. The van der Waals surface area contributed by atoms with E-state index in [1.807, 2.05) is 11.8 Å². The zero-order valence-electron chi connectivity index (χ0n) is 14.2. The highest BCUT2D eigenvalue weighted by Gasteiger charge is 2.24. The second-order valence-corrected chi connectivity index (χ2v) is 6.15. The summed E-state index contributed by atoms with van der Waals surface area (Å²) < 4.78 is 13.1. The van der Waals surface area contributed by atoms with Gasteiger partial charge in [0.05, 0.1) is 13.0 Å². The van der Waals surface area contributed by atoms with Gasteiger partial charge in [-0.15, -0.1) is 0 Å². The number of carbonyl (C=O) groups excluding carboxylic acids is 2. The van der Waals surface area contributed by atoms with Crippen molar-refractivity contribution in [3.63, 3.8) is 0 Å². The van der Waals surface area contributed by atoms with Gasteiger partial charge in [0.1, 0.15) is 5.82 Å². The Labute approximate surface area is 142 Å². The number of amides is 2. The summed E-state index contributed by atoms with van der Waals surface area (Å²) in [4.78, 5) is 26.3. The van der Waals surface area contributed by atoms with Gasteiger partial charge in [-0.3, -0.25) is 9.59 Å². The Bertz CT molecular complexity index is 559. The van der Waals surface area contributed by atoms with Crippen molar-refractivity contribution in [1.29, 1.82) is 0 Å². The van der Waals surface area contributed by atoms with Crippen molar-refractivity contribution >= 4 is 11.8 Å². The van der Waals surface area contributed by atoms with E-state index in [9.17, 15) is 14.0 Å². The second kappa shape index (κ2) is 9.37. The number of nitrogens with zero attached hydrogens (tertiary/aromatic N) is 1. The van der Waals surface area contributed by atoms with Crippen molar-refractivity contribution in [2.24, 2.45) is 0 Å². The molecule has 0 unspecified atom stereocenters. The first-order valence-electron chi connectivity index (χ1n) is 8.61. The predicted octanol–water partition coefficient (Wildman–Crippen LogP) is 1.47. The minimum atomic E-state index is -0.364. The largest absolute Gasteiger partial charge is 0.347 e. The van der Waals surface area contributed by atoms with Gasteiger partial charge in [0.25, 0.3) is 0 Å². The smallest absolute Gasteiger partial charge is 0.242 e. The van der Waals surface area contributed by atoms with Crippen LogP contribution in [-0.2, 0) is 16.0 Å². The monoisotopic (exact) mass is 335 g/mol. The average Bonchev–Trinajstić information content (AvgIpc) is 2.58. The van der Waals surface area contributed by atoms with Crippen molar-refractivity contribution in [1.82, 2.24) is 15.5 Å². The first-order chi connectivity index (χ1) is 11.6. The van der Waals surface area contributed by atoms with Crippen molar-refractivity contribution in [2.45, 2.75) is 38.6 Å². The van der Waals surface area contributed by atoms with E-state index in [2.05, 4.69) is 10.6 Å². The summed E-state index contributed by atoms with van der Waals surface area (Å²) in [6.45, 7) is 4.60. The lowest BCUT2D eigenvalue weighted by Crippen LogP contribution is -2.49. The number of rotatable bonds is 7. The third-order valence-corrected chi connectivity index (χ3v) is 4.22. The van der Waals surface area contributed by atoms with Crippen LogP contribution in [0.5, 0.6) is 0 Å². The molecule has 0 bridgehead atoms. The van der Waals surface area contributed by atoms with Crippen LogP contribution in [-0.4, -0.2) is 48.9 Å². The summed E-state index contributed by atoms with van der Waals surface area (Å²) in [7, 11) is 0. The maximum Gasteiger partial charge on any atom is 0.242 e. The number of halogens is 1. The molecular formula is C18H26FN3O2. The van der Waals surface area contributed by atoms with E-state index >= 15 is 0 Å². The van der Waals surface area contributed by atoms with Crippen LogP contribution in [0.15, 0.2) is 24.3 Å². The molecule has 0 aromatic heterocycles. The molecule has 0 spiro atoms. The van der Waals surface area contributed by atoms with Gasteiger partial charge in [-0.25, -0.2) is 4.39 Å². The molecule has 1 aromatic rings. The molecule has 1 saturated heterocycles. The molecule has 2 N–H and O–H groups in total. The fraction of sp³-hybridized carbons (Fsp3) is 0.556. The molecule has 0 aliphatic carbocycles. The average molecular weight is 335 g/mol. The van der Waals surface area contributed by atoms with Crippen LogP contribution >= 0.6 is 0 Å². The second-order valence-electron chi connectivity index (χ2n) is 6.15. The Hall–Kier alpha value is -1.95. The number of nitrogens with one attached hydrogen (secondary N) is 2. The quantitative estimate of drug-likeness (QED) is 0.793. The summed E-state index contributed by atoms with van der Waals surface area (Å²) >= 11 is 0. The fourth-order valence-electron chi connectivity index (χ4n) is 3.04. The SMILES string of the molecule is CCCN(C(=O)CNC(=O)Cc1cccc(F)c1)C1CCNCC1. The summed E-state index contributed by atoms with van der Waals surface area (Å²) in [5.74, 6) is -0.677. The zero-order chi connectivity index (χ0) is 17.4. The molecule has 6 heteroatoms. The van der Waals surface area contributed by atoms with Crippen molar-refractivity contribution < 1.29 is 14.0 Å². The summed E-state index contributed by atoms with van der Waals surface area (Å²) in [6, 6.07) is 6.19. The highest BCUT2D eigenvalue weighted by atomic mass is 19.1. The first kappa shape index (κ1) is 18.4. The third kappa shape index (κ3) is 5.60. The topological polar surface area (TPSA) is 61.4 Å². The number of hydrogen-bond acceptors (Lipinski definition) is 3. The van der Waals surface area contributed by atoms with Crippen LogP contribution in [0.3, 0.4) is 0 Å². The molecule has 1 aromatic carbocycles. The first-order valence-corrected chi connectivity index (χ1v) is 8.61. The van der Waals surface area contributed by atoms with Crippen LogP contribution in [0.2, 0.25) is 0 Å². The molecule has 2 rings (SSSR count). The predicted molar refractivity (Wildman–Crippen MR) is 91.0 cm³/mol. The Morgan fingerprint density at radius 2 is 2.08 bits per heavy atom. The molecule has 24 heavy (non-hydrogen) atoms. The highest BCUT2D eigenvalue weighted by molar-refractivity contribution is 5.85. The summed E-state index contributed by atoms with van der Waals surface area (Å²) in [5, 5.41) is 5.95. The molecule has 1 aliphatic heterocycles. The molecular weight excluding hydrogens is 309 g/mol. The van der Waals surface area contributed by atoms with Gasteiger partial charge in [-0.05, 0) is 50.0 Å². The fourth-order valence-corrected chi connectivity index (χ4v) is 3.04. The molecule has 1 heterocycles. The number of hydrogen-bond donors (Lipinski definition) is 2. The van der Waals surface area contributed by atoms with Gasteiger partial charge in [0.15, 0.2) is 0 Å². The van der Waals surface area contributed by atoms with E-state index in [4.69, 9.17) is 0 Å².